The maximum atomic E-state index is 8.87. The van der Waals surface area contributed by atoms with Gasteiger partial charge in [-0.1, -0.05) is 25.4 Å². The molecule has 3 N–H and O–H groups in total. The van der Waals surface area contributed by atoms with Crippen molar-refractivity contribution in [1.82, 2.24) is 4.90 Å². The molecule has 0 aromatic rings. The first kappa shape index (κ1) is 14.6. The van der Waals surface area contributed by atoms with Crippen molar-refractivity contribution < 1.29 is 5.21 Å². The smallest absolute Gasteiger partial charge is 0.155 e. The van der Waals surface area contributed by atoms with Crippen LogP contribution in [0, 0.1) is 5.92 Å². The van der Waals surface area contributed by atoms with E-state index in [9.17, 15) is 0 Å². The monoisotopic (exact) mass is 259 g/mol. The Morgan fingerprint density at radius 3 is 2.53 bits per heavy atom. The van der Waals surface area contributed by atoms with Gasteiger partial charge in [-0.2, -0.15) is 11.8 Å². The van der Waals surface area contributed by atoms with Gasteiger partial charge in [-0.25, -0.2) is 0 Å². The Labute approximate surface area is 109 Å². The summed E-state index contributed by atoms with van der Waals surface area (Å²) in [5, 5.41) is 12.1. The van der Waals surface area contributed by atoms with Crippen LogP contribution in [0.1, 0.15) is 33.1 Å². The van der Waals surface area contributed by atoms with E-state index in [1.54, 1.807) is 11.8 Å². The van der Waals surface area contributed by atoms with Gasteiger partial charge in [-0.3, -0.25) is 0 Å². The van der Waals surface area contributed by atoms with Crippen LogP contribution < -0.4 is 5.73 Å². The number of rotatable bonds is 5. The lowest BCUT2D eigenvalue weighted by atomic mass is 9.93. The Balaban J connectivity index is 2.54. The molecule has 1 rings (SSSR count). The summed E-state index contributed by atoms with van der Waals surface area (Å²) in [6.45, 7) is 7.77. The molecule has 4 nitrogen and oxygen atoms in total. The van der Waals surface area contributed by atoms with Gasteiger partial charge in [0.2, 0.25) is 0 Å². The summed E-state index contributed by atoms with van der Waals surface area (Å²) >= 11 is 1.71. The van der Waals surface area contributed by atoms with Crippen molar-refractivity contribution in [2.75, 3.05) is 25.9 Å². The van der Waals surface area contributed by atoms with Crippen LogP contribution in [0.5, 0.6) is 0 Å². The standard InChI is InChI=1S/C12H25N3OS/c1-4-10(2)9-15-7-5-12(17-3,6-8-15)11(13)14-16/h10,16H,4-9H2,1-3H3,(H2,13,14). The van der Waals surface area contributed by atoms with Crippen molar-refractivity contribution in [3.05, 3.63) is 0 Å². The normalized spacial score (nSPS) is 23.6. The molecule has 1 aliphatic heterocycles. The van der Waals surface area contributed by atoms with Gasteiger partial charge in [0, 0.05) is 6.54 Å². The highest BCUT2D eigenvalue weighted by molar-refractivity contribution is 8.00. The molecule has 5 heteroatoms. The van der Waals surface area contributed by atoms with E-state index in [4.69, 9.17) is 10.9 Å². The summed E-state index contributed by atoms with van der Waals surface area (Å²) in [4.78, 5) is 2.49. The first-order valence-corrected chi connectivity index (χ1v) is 7.56. The highest BCUT2D eigenvalue weighted by Crippen LogP contribution is 2.35. The molecular weight excluding hydrogens is 234 g/mol. The predicted octanol–water partition coefficient (Wildman–Crippen LogP) is 1.98. The summed E-state index contributed by atoms with van der Waals surface area (Å²) in [7, 11) is 0. The van der Waals surface area contributed by atoms with Crippen LogP contribution in [0.4, 0.5) is 0 Å². The van der Waals surface area contributed by atoms with Crippen LogP contribution >= 0.6 is 11.8 Å². The van der Waals surface area contributed by atoms with Gasteiger partial charge >= 0.3 is 0 Å². The lowest BCUT2D eigenvalue weighted by Crippen LogP contribution is -2.50. The Kier molecular flexibility index (Phi) is 5.59. The van der Waals surface area contributed by atoms with E-state index in [0.717, 1.165) is 38.4 Å². The molecule has 0 aromatic heterocycles. The van der Waals surface area contributed by atoms with Crippen LogP contribution in [0.3, 0.4) is 0 Å². The van der Waals surface area contributed by atoms with Crippen molar-refractivity contribution in [1.29, 1.82) is 0 Å². The molecule has 0 saturated carbocycles. The number of likely N-dealkylation sites (tertiary alicyclic amines) is 1. The Bertz CT molecular complexity index is 262. The minimum absolute atomic E-state index is 0.152. The van der Waals surface area contributed by atoms with Crippen molar-refractivity contribution >= 4 is 17.6 Å². The molecule has 1 heterocycles. The van der Waals surface area contributed by atoms with Gasteiger partial charge in [-0.15, -0.1) is 0 Å². The summed E-state index contributed by atoms with van der Waals surface area (Å²) < 4.78 is -0.152. The van der Waals surface area contributed by atoms with Crippen LogP contribution in [0.15, 0.2) is 5.16 Å². The third-order valence-electron chi connectivity index (χ3n) is 3.90. The van der Waals surface area contributed by atoms with Crippen molar-refractivity contribution in [2.45, 2.75) is 37.9 Å². The molecule has 1 aliphatic rings. The lowest BCUT2D eigenvalue weighted by molar-refractivity contribution is 0.190. The van der Waals surface area contributed by atoms with Gasteiger partial charge in [-0.05, 0) is 38.1 Å². The second-order valence-electron chi connectivity index (χ2n) is 5.00. The Hall–Kier alpha value is -0.420. The molecule has 1 saturated heterocycles. The van der Waals surface area contributed by atoms with Gasteiger partial charge in [0.1, 0.15) is 0 Å². The molecule has 1 fully saturated rings. The topological polar surface area (TPSA) is 61.8 Å². The number of thioether (sulfide) groups is 1. The minimum atomic E-state index is -0.152. The number of amidine groups is 1. The molecular formula is C12H25N3OS. The second kappa shape index (κ2) is 6.50. The average Bonchev–Trinajstić information content (AvgIpc) is 2.38. The van der Waals surface area contributed by atoms with Crippen LogP contribution in [0.2, 0.25) is 0 Å². The largest absolute Gasteiger partial charge is 0.409 e. The van der Waals surface area contributed by atoms with E-state index in [0.29, 0.717) is 5.84 Å². The van der Waals surface area contributed by atoms with Crippen molar-refractivity contribution in [2.24, 2.45) is 16.8 Å². The van der Waals surface area contributed by atoms with Crippen LogP contribution in [-0.2, 0) is 0 Å². The maximum absolute atomic E-state index is 8.87. The Morgan fingerprint density at radius 1 is 1.53 bits per heavy atom. The van der Waals surface area contributed by atoms with Gasteiger partial charge in [0.25, 0.3) is 0 Å². The third kappa shape index (κ3) is 3.52. The fourth-order valence-electron chi connectivity index (χ4n) is 2.32. The van der Waals surface area contributed by atoms with Crippen LogP contribution in [0.25, 0.3) is 0 Å². The molecule has 0 radical (unpaired) electrons. The van der Waals surface area contributed by atoms with E-state index in [1.807, 2.05) is 6.26 Å². The zero-order valence-electron chi connectivity index (χ0n) is 11.1. The van der Waals surface area contributed by atoms with Crippen LogP contribution in [-0.4, -0.2) is 46.6 Å². The predicted molar refractivity (Wildman–Crippen MR) is 74.8 cm³/mol. The van der Waals surface area contributed by atoms with E-state index < -0.39 is 0 Å². The number of nitrogens with two attached hydrogens (primary N) is 1. The molecule has 17 heavy (non-hydrogen) atoms. The number of oxime groups is 1. The molecule has 0 aromatic carbocycles. The molecule has 100 valence electrons. The van der Waals surface area contributed by atoms with Gasteiger partial charge in [0.05, 0.1) is 4.75 Å². The number of hydrogen-bond acceptors (Lipinski definition) is 4. The highest BCUT2D eigenvalue weighted by Gasteiger charge is 2.38. The zero-order valence-corrected chi connectivity index (χ0v) is 12.0. The summed E-state index contributed by atoms with van der Waals surface area (Å²) in [6.07, 6.45) is 5.22. The molecule has 0 spiro atoms. The van der Waals surface area contributed by atoms with Crippen molar-refractivity contribution in [3.8, 4) is 0 Å². The quantitative estimate of drug-likeness (QED) is 0.343. The molecule has 1 unspecified atom stereocenters. The molecule has 1 atom stereocenters. The fraction of sp³-hybridized carbons (Fsp3) is 0.917. The average molecular weight is 259 g/mol. The number of piperidine rings is 1. The van der Waals surface area contributed by atoms with E-state index in [1.165, 1.54) is 6.42 Å². The molecule has 0 bridgehead atoms. The minimum Gasteiger partial charge on any atom is -0.409 e. The van der Waals surface area contributed by atoms with E-state index in [2.05, 4.69) is 23.9 Å². The molecule has 0 aliphatic carbocycles. The SMILES string of the molecule is CCC(C)CN1CCC(SC)(C(N)=NO)CC1. The van der Waals surface area contributed by atoms with E-state index >= 15 is 0 Å². The van der Waals surface area contributed by atoms with Gasteiger partial charge < -0.3 is 15.8 Å². The Morgan fingerprint density at radius 2 is 2.12 bits per heavy atom. The van der Waals surface area contributed by atoms with Gasteiger partial charge in [0.15, 0.2) is 5.84 Å². The highest BCUT2D eigenvalue weighted by atomic mass is 32.2. The number of nitrogens with zero attached hydrogens (tertiary/aromatic N) is 2. The second-order valence-corrected chi connectivity index (χ2v) is 6.19. The maximum Gasteiger partial charge on any atom is 0.155 e. The summed E-state index contributed by atoms with van der Waals surface area (Å²) in [6, 6.07) is 0. The zero-order chi connectivity index (χ0) is 12.9. The first-order valence-electron chi connectivity index (χ1n) is 6.33. The first-order chi connectivity index (χ1) is 8.07. The fourth-order valence-corrected chi connectivity index (χ4v) is 3.16. The number of hydrogen-bond donors (Lipinski definition) is 2. The van der Waals surface area contributed by atoms with E-state index in [-0.39, 0.29) is 4.75 Å². The van der Waals surface area contributed by atoms with Crippen molar-refractivity contribution in [3.63, 3.8) is 0 Å². The summed E-state index contributed by atoms with van der Waals surface area (Å²) in [5.41, 5.74) is 5.83. The lowest BCUT2D eigenvalue weighted by Gasteiger charge is -2.40. The third-order valence-corrected chi connectivity index (χ3v) is 5.29. The summed E-state index contributed by atoms with van der Waals surface area (Å²) in [5.74, 6) is 1.13. The molecule has 0 amide bonds.